The summed E-state index contributed by atoms with van der Waals surface area (Å²) in [6.07, 6.45) is 0.899. The quantitative estimate of drug-likeness (QED) is 0.930. The molecule has 1 aliphatic rings. The maximum absolute atomic E-state index is 14.0. The van der Waals surface area contributed by atoms with Crippen LogP contribution in [0.3, 0.4) is 0 Å². The lowest BCUT2D eigenvalue weighted by molar-refractivity contribution is 0.107. The van der Waals surface area contributed by atoms with E-state index in [1.807, 2.05) is 27.0 Å². The van der Waals surface area contributed by atoms with Crippen LogP contribution in [0.25, 0.3) is 0 Å². The third-order valence-corrected chi connectivity index (χ3v) is 4.18. The molecule has 1 aliphatic heterocycles. The molecule has 0 bridgehead atoms. The molecule has 0 radical (unpaired) electrons. The van der Waals surface area contributed by atoms with Crippen LogP contribution in [0, 0.1) is 5.82 Å². The molecule has 2 atom stereocenters. The zero-order chi connectivity index (χ0) is 15.4. The van der Waals surface area contributed by atoms with Crippen molar-refractivity contribution in [2.75, 3.05) is 26.7 Å². The van der Waals surface area contributed by atoms with Gasteiger partial charge in [-0.2, -0.15) is 0 Å². The number of piperazine rings is 1. The lowest BCUT2D eigenvalue weighted by Gasteiger charge is -2.40. The molecule has 0 spiro atoms. The fourth-order valence-electron chi connectivity index (χ4n) is 2.54. The zero-order valence-electron chi connectivity index (χ0n) is 13.0. The molecule has 2 rings (SSSR count). The minimum Gasteiger partial charge on any atom is -0.336 e. The molecular formula is C16H24FN3O. The van der Waals surface area contributed by atoms with E-state index < -0.39 is 0 Å². The van der Waals surface area contributed by atoms with E-state index in [-0.39, 0.29) is 23.9 Å². The van der Waals surface area contributed by atoms with Gasteiger partial charge >= 0.3 is 6.03 Å². The molecule has 1 aromatic rings. The minimum atomic E-state index is -0.210. The normalized spacial score (nSPS) is 21.1. The summed E-state index contributed by atoms with van der Waals surface area (Å²) in [5.41, 5.74) is 0.654. The fourth-order valence-corrected chi connectivity index (χ4v) is 2.54. The van der Waals surface area contributed by atoms with Crippen LogP contribution in [-0.4, -0.2) is 48.6 Å². The second-order valence-electron chi connectivity index (χ2n) is 5.72. The summed E-state index contributed by atoms with van der Waals surface area (Å²) in [6, 6.07) is 6.80. The number of carbonyl (C=O) groups excluding carboxylic acids is 1. The molecule has 1 N–H and O–H groups in total. The van der Waals surface area contributed by atoms with Crippen molar-refractivity contribution in [3.05, 3.63) is 35.6 Å². The van der Waals surface area contributed by atoms with Gasteiger partial charge in [0, 0.05) is 31.2 Å². The first-order valence-corrected chi connectivity index (χ1v) is 7.53. The Morgan fingerprint density at radius 2 is 2.14 bits per heavy atom. The molecule has 2 amide bonds. The Labute approximate surface area is 125 Å². The molecular weight excluding hydrogens is 269 g/mol. The van der Waals surface area contributed by atoms with Crippen LogP contribution in [-0.2, 0) is 0 Å². The van der Waals surface area contributed by atoms with E-state index in [1.54, 1.807) is 17.0 Å². The number of urea groups is 1. The van der Waals surface area contributed by atoms with Gasteiger partial charge in [-0.1, -0.05) is 25.1 Å². The van der Waals surface area contributed by atoms with E-state index in [0.717, 1.165) is 13.0 Å². The van der Waals surface area contributed by atoms with Gasteiger partial charge in [-0.3, -0.25) is 4.90 Å². The number of hydrogen-bond donors (Lipinski definition) is 1. The molecule has 0 aliphatic carbocycles. The molecule has 1 heterocycles. The number of benzene rings is 1. The third-order valence-electron chi connectivity index (χ3n) is 4.18. The van der Waals surface area contributed by atoms with Gasteiger partial charge in [0.25, 0.3) is 0 Å². The van der Waals surface area contributed by atoms with Gasteiger partial charge in [-0.15, -0.1) is 0 Å². The van der Waals surface area contributed by atoms with Crippen molar-refractivity contribution >= 4 is 6.03 Å². The summed E-state index contributed by atoms with van der Waals surface area (Å²) in [5.74, 6) is -0.210. The Morgan fingerprint density at radius 1 is 1.43 bits per heavy atom. The number of halogens is 1. The van der Waals surface area contributed by atoms with Crippen molar-refractivity contribution in [2.24, 2.45) is 0 Å². The monoisotopic (exact) mass is 293 g/mol. The predicted molar refractivity (Wildman–Crippen MR) is 81.6 cm³/mol. The summed E-state index contributed by atoms with van der Waals surface area (Å²) in [5, 5.41) is 2.98. The second kappa shape index (κ2) is 6.89. The van der Waals surface area contributed by atoms with Gasteiger partial charge in [0.1, 0.15) is 5.82 Å². The fraction of sp³-hybridized carbons (Fsp3) is 0.562. The van der Waals surface area contributed by atoms with Gasteiger partial charge in [0.15, 0.2) is 0 Å². The smallest absolute Gasteiger partial charge is 0.317 e. The predicted octanol–water partition coefficient (Wildman–Crippen LogP) is 2.62. The van der Waals surface area contributed by atoms with Gasteiger partial charge in [-0.05, 0) is 26.5 Å². The Balaban J connectivity index is 2.09. The van der Waals surface area contributed by atoms with E-state index in [9.17, 15) is 9.18 Å². The summed E-state index contributed by atoms with van der Waals surface area (Å²) < 4.78 is 14.0. The zero-order valence-corrected chi connectivity index (χ0v) is 13.0. The SMILES string of the molecule is CCC(C)NC(=O)N1CCN(C)C(c2ccccc2F)C1. The number of likely N-dealkylation sites (N-methyl/N-ethyl adjacent to an activating group) is 1. The molecule has 1 fully saturated rings. The van der Waals surface area contributed by atoms with Crippen molar-refractivity contribution in [1.82, 2.24) is 15.1 Å². The summed E-state index contributed by atoms with van der Waals surface area (Å²) in [6.45, 7) is 5.95. The van der Waals surface area contributed by atoms with Gasteiger partial charge in [0.05, 0.1) is 6.04 Å². The molecule has 0 aromatic heterocycles. The first kappa shape index (κ1) is 15.8. The van der Waals surface area contributed by atoms with E-state index in [0.29, 0.717) is 18.7 Å². The van der Waals surface area contributed by atoms with Crippen LogP contribution in [0.1, 0.15) is 31.9 Å². The van der Waals surface area contributed by atoms with Crippen LogP contribution in [0.5, 0.6) is 0 Å². The van der Waals surface area contributed by atoms with E-state index >= 15 is 0 Å². The third kappa shape index (κ3) is 3.73. The highest BCUT2D eigenvalue weighted by molar-refractivity contribution is 5.74. The Kier molecular flexibility index (Phi) is 5.17. The molecule has 1 aromatic carbocycles. The highest BCUT2D eigenvalue weighted by Crippen LogP contribution is 2.26. The van der Waals surface area contributed by atoms with Crippen molar-refractivity contribution in [3.63, 3.8) is 0 Å². The van der Waals surface area contributed by atoms with Crippen LogP contribution in [0.15, 0.2) is 24.3 Å². The Bertz CT molecular complexity index is 494. The number of nitrogens with one attached hydrogen (secondary N) is 1. The average molecular weight is 293 g/mol. The van der Waals surface area contributed by atoms with Crippen LogP contribution < -0.4 is 5.32 Å². The van der Waals surface area contributed by atoms with Crippen LogP contribution in [0.4, 0.5) is 9.18 Å². The number of amides is 2. The van der Waals surface area contributed by atoms with Crippen molar-refractivity contribution in [3.8, 4) is 0 Å². The number of hydrogen-bond acceptors (Lipinski definition) is 2. The highest BCUT2D eigenvalue weighted by atomic mass is 19.1. The molecule has 21 heavy (non-hydrogen) atoms. The highest BCUT2D eigenvalue weighted by Gasteiger charge is 2.30. The lowest BCUT2D eigenvalue weighted by Crippen LogP contribution is -2.53. The lowest BCUT2D eigenvalue weighted by atomic mass is 10.0. The van der Waals surface area contributed by atoms with Gasteiger partial charge < -0.3 is 10.2 Å². The maximum Gasteiger partial charge on any atom is 0.317 e. The summed E-state index contributed by atoms with van der Waals surface area (Å²) in [4.78, 5) is 16.1. The van der Waals surface area contributed by atoms with E-state index in [4.69, 9.17) is 0 Å². The molecule has 1 saturated heterocycles. The van der Waals surface area contributed by atoms with Gasteiger partial charge in [0.2, 0.25) is 0 Å². The molecule has 116 valence electrons. The molecule has 0 saturated carbocycles. The first-order chi connectivity index (χ1) is 10.0. The first-order valence-electron chi connectivity index (χ1n) is 7.53. The topological polar surface area (TPSA) is 35.6 Å². The summed E-state index contributed by atoms with van der Waals surface area (Å²) >= 11 is 0. The Hall–Kier alpha value is -1.62. The largest absolute Gasteiger partial charge is 0.336 e. The van der Waals surface area contributed by atoms with Crippen molar-refractivity contribution < 1.29 is 9.18 Å². The standard InChI is InChI=1S/C16H24FN3O/c1-4-12(2)18-16(21)20-10-9-19(3)15(11-20)13-7-5-6-8-14(13)17/h5-8,12,15H,4,9-11H2,1-3H3,(H,18,21). The Morgan fingerprint density at radius 3 is 2.81 bits per heavy atom. The average Bonchev–Trinajstić information content (AvgIpc) is 2.48. The van der Waals surface area contributed by atoms with Gasteiger partial charge in [-0.25, -0.2) is 9.18 Å². The molecule has 2 unspecified atom stereocenters. The number of carbonyl (C=O) groups is 1. The minimum absolute atomic E-state index is 0.0567. The molecule has 4 nitrogen and oxygen atoms in total. The van der Waals surface area contributed by atoms with E-state index in [1.165, 1.54) is 6.07 Å². The number of rotatable bonds is 3. The van der Waals surface area contributed by atoms with Crippen LogP contribution in [0.2, 0.25) is 0 Å². The van der Waals surface area contributed by atoms with Crippen molar-refractivity contribution in [2.45, 2.75) is 32.4 Å². The van der Waals surface area contributed by atoms with Crippen molar-refractivity contribution in [1.29, 1.82) is 0 Å². The molecule has 5 heteroatoms. The van der Waals surface area contributed by atoms with E-state index in [2.05, 4.69) is 10.2 Å². The second-order valence-corrected chi connectivity index (χ2v) is 5.72. The number of nitrogens with zero attached hydrogens (tertiary/aromatic N) is 2. The maximum atomic E-state index is 14.0. The van der Waals surface area contributed by atoms with Crippen LogP contribution >= 0.6 is 0 Å². The summed E-state index contributed by atoms with van der Waals surface area (Å²) in [7, 11) is 1.97.